The third-order valence-electron chi connectivity index (χ3n) is 3.18. The SMILES string of the molecule is COP(=O)(O)OCCNC(=O)CCC1OCC(CN[C](=O)[Ra][CH3])O1. The van der Waals surface area contributed by atoms with Gasteiger partial charge in [0, 0.05) is 7.11 Å². The zero-order valence-corrected chi connectivity index (χ0v) is 20.6. The molecule has 1 heterocycles. The van der Waals surface area contributed by atoms with E-state index < -0.39 is 54.7 Å². The van der Waals surface area contributed by atoms with Gasteiger partial charge in [0.25, 0.3) is 0 Å². The second-order valence-electron chi connectivity index (χ2n) is 5.05. The molecule has 0 aromatic rings. The molecule has 1 aliphatic rings. The van der Waals surface area contributed by atoms with Crippen molar-refractivity contribution in [3.8, 4) is 0 Å². The predicted molar refractivity (Wildman–Crippen MR) is 78.9 cm³/mol. The van der Waals surface area contributed by atoms with E-state index in [-0.39, 0.29) is 32.5 Å². The molecular weight excluding hydrogens is 557 g/mol. The second kappa shape index (κ2) is 11.9. The molecule has 1 rings (SSSR count). The first-order valence-electron chi connectivity index (χ1n) is 7.69. The summed E-state index contributed by atoms with van der Waals surface area (Å²) in [7, 11) is -2.95. The van der Waals surface area contributed by atoms with Crippen molar-refractivity contribution < 1.29 is 78.1 Å². The van der Waals surface area contributed by atoms with Crippen LogP contribution < -0.4 is 10.6 Å². The van der Waals surface area contributed by atoms with Crippen LogP contribution in [0.5, 0.6) is 0 Å². The van der Waals surface area contributed by atoms with Crippen molar-refractivity contribution in [3.63, 3.8) is 0 Å². The van der Waals surface area contributed by atoms with E-state index in [1.54, 1.807) is 0 Å². The molecule has 0 aromatic heterocycles. The van der Waals surface area contributed by atoms with E-state index in [0.717, 1.165) is 7.11 Å². The van der Waals surface area contributed by atoms with E-state index in [2.05, 4.69) is 19.7 Å². The van der Waals surface area contributed by atoms with Gasteiger partial charge in [-0.2, -0.15) is 0 Å². The van der Waals surface area contributed by atoms with Crippen LogP contribution in [0, 0.1) is 40.6 Å². The third kappa shape index (κ3) is 9.80. The fraction of sp³-hybridized carbons (Fsp3) is 0.833. The van der Waals surface area contributed by atoms with Crippen LogP contribution in [0.25, 0.3) is 0 Å². The summed E-state index contributed by atoms with van der Waals surface area (Å²) in [6.07, 6.45) is -0.0598. The van der Waals surface area contributed by atoms with Gasteiger partial charge in [-0.05, 0) is 0 Å². The Labute approximate surface area is 163 Å². The molecule has 136 valence electrons. The van der Waals surface area contributed by atoms with Crippen LogP contribution in [-0.4, -0.2) is 57.6 Å². The van der Waals surface area contributed by atoms with Crippen molar-refractivity contribution in [3.05, 3.63) is 0 Å². The molecule has 10 nitrogen and oxygen atoms in total. The summed E-state index contributed by atoms with van der Waals surface area (Å²) < 4.78 is 33.0. The van der Waals surface area contributed by atoms with Crippen LogP contribution in [-0.2, 0) is 27.9 Å². The summed E-state index contributed by atoms with van der Waals surface area (Å²) in [6, 6.07) is 0. The van der Waals surface area contributed by atoms with Gasteiger partial charge in [-0.3, -0.25) is 9.05 Å². The van der Waals surface area contributed by atoms with Crippen molar-refractivity contribution in [2.75, 3.05) is 33.4 Å². The summed E-state index contributed by atoms with van der Waals surface area (Å²) in [4.78, 5) is 31.9. The second-order valence-corrected chi connectivity index (χ2v) is 12.2. The van der Waals surface area contributed by atoms with Gasteiger partial charge in [0.2, 0.25) is 0 Å². The number of rotatable bonds is 11. The average Bonchev–Trinajstić information content (AvgIpc) is 3.02. The van der Waals surface area contributed by atoms with Gasteiger partial charge in [-0.25, -0.2) is 4.57 Å². The van der Waals surface area contributed by atoms with Crippen molar-refractivity contribution in [1.29, 1.82) is 0 Å². The molecule has 0 aromatic carbocycles. The number of nitrogens with one attached hydrogen (secondary N) is 2. The molecule has 24 heavy (non-hydrogen) atoms. The fourth-order valence-corrected chi connectivity index (χ4v) is 3.91. The molecule has 0 aliphatic carbocycles. The Bertz CT molecular complexity index is 466. The maximum absolute atomic E-state index is 11.6. The number of carbonyl (C=O) groups is 2. The van der Waals surface area contributed by atoms with Crippen LogP contribution in [0.1, 0.15) is 12.8 Å². The van der Waals surface area contributed by atoms with E-state index in [1.165, 1.54) is 0 Å². The minimum absolute atomic E-state index is 0.0945. The number of phosphoric acid groups is 1. The van der Waals surface area contributed by atoms with Gasteiger partial charge in [-0.1, -0.05) is 0 Å². The first-order valence-corrected chi connectivity index (χ1v) is 17.9. The van der Waals surface area contributed by atoms with Crippen molar-refractivity contribution >= 4 is 14.7 Å². The van der Waals surface area contributed by atoms with Gasteiger partial charge in [0.1, 0.15) is 0 Å². The molecule has 1 saturated heterocycles. The molecule has 0 bridgehead atoms. The first-order chi connectivity index (χ1) is 11.4. The Morgan fingerprint density at radius 2 is 2.17 bits per heavy atom. The molecule has 0 radical (unpaired) electrons. The summed E-state index contributed by atoms with van der Waals surface area (Å²) in [5.41, 5.74) is 0. The van der Waals surface area contributed by atoms with Crippen molar-refractivity contribution in [2.24, 2.45) is 0 Å². The molecule has 2 amide bonds. The minimum atomic E-state index is -4.01. The summed E-state index contributed by atoms with van der Waals surface area (Å²) in [6.45, 7) is 0.797. The number of hydrogen-bond donors (Lipinski definition) is 3. The normalized spacial score (nSPS) is 22.5. The van der Waals surface area contributed by atoms with Crippen molar-refractivity contribution in [2.45, 2.75) is 27.2 Å². The fourth-order valence-electron chi connectivity index (χ4n) is 1.86. The molecule has 1 aliphatic heterocycles. The van der Waals surface area contributed by atoms with Crippen LogP contribution in [0.2, 0.25) is 1.96 Å². The quantitative estimate of drug-likeness (QED) is 0.234. The zero-order valence-electron chi connectivity index (χ0n) is 13.9. The standard InChI is InChI=1S/C11H20N2O8P.CH3.Ra/c1-18-22(16,17)20-5-4-13-10(15)2-3-11-19-7-9(21-11)6-12-8-14;;/h9,11H,2-7H2,1H3,(H,12,14)(H,13,15)(H,16,17);1H3;. The number of carbonyl (C=O) groups excluding carboxylic acids is 2. The Kier molecular flexibility index (Phi) is 11.2. The maximum atomic E-state index is 11.6. The van der Waals surface area contributed by atoms with Gasteiger partial charge in [-0.15, -0.1) is 0 Å². The Hall–Kier alpha value is 0.438. The van der Waals surface area contributed by atoms with E-state index in [4.69, 9.17) is 14.4 Å². The number of amides is 2. The van der Waals surface area contributed by atoms with Crippen LogP contribution in [0.3, 0.4) is 0 Å². The van der Waals surface area contributed by atoms with E-state index in [0.29, 0.717) is 19.6 Å². The Balaban J connectivity index is 2.09. The summed E-state index contributed by atoms with van der Waals surface area (Å²) in [5, 5.41) is 5.37. The van der Waals surface area contributed by atoms with Crippen LogP contribution in [0.4, 0.5) is 4.79 Å². The Morgan fingerprint density at radius 1 is 1.42 bits per heavy atom. The average molecular weight is 580 g/mol. The summed E-state index contributed by atoms with van der Waals surface area (Å²) in [5.74, 6) is -0.242. The Morgan fingerprint density at radius 3 is 2.83 bits per heavy atom. The molecule has 1 fully saturated rings. The van der Waals surface area contributed by atoms with E-state index >= 15 is 0 Å². The van der Waals surface area contributed by atoms with Gasteiger partial charge >= 0.3 is 138 Å². The van der Waals surface area contributed by atoms with E-state index in [1.807, 2.05) is 1.96 Å². The molecule has 3 N–H and O–H groups in total. The van der Waals surface area contributed by atoms with Gasteiger partial charge < -0.3 is 4.89 Å². The molecule has 0 saturated carbocycles. The molecule has 3 unspecified atom stereocenters. The zero-order chi connectivity index (χ0) is 18.0. The number of ether oxygens (including phenoxy) is 2. The first kappa shape index (κ1) is 22.5. The van der Waals surface area contributed by atoms with Gasteiger partial charge in [0.05, 0.1) is 0 Å². The van der Waals surface area contributed by atoms with E-state index in [9.17, 15) is 14.2 Å². The topological polar surface area (TPSA) is 132 Å². The molecular formula is C12H23N2O8PRa. The number of phosphoric ester groups is 1. The third-order valence-corrected chi connectivity index (χ3v) is 7.81. The molecule has 12 heteroatoms. The van der Waals surface area contributed by atoms with Crippen LogP contribution in [0.15, 0.2) is 0 Å². The van der Waals surface area contributed by atoms with Crippen LogP contribution >= 0.6 is 7.82 Å². The van der Waals surface area contributed by atoms with Gasteiger partial charge in [0.15, 0.2) is 0 Å². The summed E-state index contributed by atoms with van der Waals surface area (Å²) >= 11 is -1.44. The predicted octanol–water partition coefficient (Wildman–Crippen LogP) is 0.230. The monoisotopic (exact) mass is 580 g/mol. The number of hydrogen-bond acceptors (Lipinski definition) is 7. The molecule has 0 spiro atoms. The molecule has 3 atom stereocenters. The van der Waals surface area contributed by atoms with Crippen molar-refractivity contribution in [1.82, 2.24) is 10.6 Å².